The average molecular weight is 662 g/mol. The number of carbonyl (C=O) groups is 4. The Kier molecular flexibility index (Phi) is 10.4. The fourth-order valence-electron chi connectivity index (χ4n) is 6.50. The van der Waals surface area contributed by atoms with Crippen LogP contribution in [-0.2, 0) is 32.0 Å². The van der Waals surface area contributed by atoms with Crippen LogP contribution < -0.4 is 10.6 Å². The summed E-state index contributed by atoms with van der Waals surface area (Å²) in [6.45, 7) is 5.94. The number of nitrogens with zero attached hydrogens (tertiary/aromatic N) is 3. The van der Waals surface area contributed by atoms with E-state index in [-0.39, 0.29) is 36.7 Å². The van der Waals surface area contributed by atoms with Gasteiger partial charge in [0.2, 0.25) is 17.7 Å². The lowest BCUT2D eigenvalue weighted by atomic mass is 9.91. The molecule has 3 aromatic rings. The Morgan fingerprint density at radius 3 is 2.25 bits per heavy atom. The maximum Gasteiger partial charge on any atom is 0.411 e. The summed E-state index contributed by atoms with van der Waals surface area (Å²) in [7, 11) is 0. The summed E-state index contributed by atoms with van der Waals surface area (Å²) in [5.41, 5.74) is 1.13. The van der Waals surface area contributed by atoms with Gasteiger partial charge in [0, 0.05) is 37.0 Å². The number of aromatic nitrogens is 1. The van der Waals surface area contributed by atoms with Gasteiger partial charge in [0.05, 0.1) is 0 Å². The molecule has 10 nitrogen and oxygen atoms in total. The number of anilines is 2. The van der Waals surface area contributed by atoms with Crippen molar-refractivity contribution in [3.63, 3.8) is 0 Å². The molecule has 1 aliphatic heterocycles. The molecule has 0 radical (unpaired) electrons. The molecule has 1 saturated carbocycles. The van der Waals surface area contributed by atoms with Crippen LogP contribution in [0.2, 0.25) is 0 Å². The number of ether oxygens (including phenoxy) is 1. The largest absolute Gasteiger partial charge is 0.444 e. The van der Waals surface area contributed by atoms with Crippen molar-refractivity contribution in [2.24, 2.45) is 5.92 Å². The molecule has 2 N–H and O–H groups in total. The summed E-state index contributed by atoms with van der Waals surface area (Å²) in [6.07, 6.45) is 5.20. The van der Waals surface area contributed by atoms with E-state index in [1.54, 1.807) is 28.1 Å². The summed E-state index contributed by atoms with van der Waals surface area (Å²) < 4.78 is 29.5. The maximum absolute atomic E-state index is 13.7. The Labute approximate surface area is 278 Å². The van der Waals surface area contributed by atoms with Crippen molar-refractivity contribution in [2.45, 2.75) is 70.4 Å². The van der Waals surface area contributed by atoms with Crippen molar-refractivity contribution >= 4 is 35.3 Å². The standard InChI is InChI=1S/C30H37N5O5.C6H4F2/c1-29(2,3)40-28(39)35-15-14-34(27(38)30(35)11-5-6-12-30)19-25(36)32-23-10-9-20-16-22(17-21(20)18-23)26(37)33-24-8-4-7-13-31-24;7-5-2-1-3-6(8)4-5/h4,7-10,13,18,22H,5-6,11-12,14-17,19H2,1-3H3,(H,32,36)(H,31,33,37);1-4H. The summed E-state index contributed by atoms with van der Waals surface area (Å²) in [5.74, 6) is -1.32. The second-order valence-electron chi connectivity index (χ2n) is 13.4. The van der Waals surface area contributed by atoms with Crippen LogP contribution in [0.4, 0.5) is 25.1 Å². The molecule has 4 amide bonds. The van der Waals surface area contributed by atoms with E-state index < -0.39 is 28.9 Å². The smallest absolute Gasteiger partial charge is 0.411 e. The van der Waals surface area contributed by atoms with E-state index in [1.165, 1.54) is 18.2 Å². The van der Waals surface area contributed by atoms with E-state index in [4.69, 9.17) is 4.74 Å². The van der Waals surface area contributed by atoms with Gasteiger partial charge in [-0.1, -0.05) is 31.0 Å². The van der Waals surface area contributed by atoms with Crippen LogP contribution in [0.5, 0.6) is 0 Å². The molecule has 1 saturated heterocycles. The Morgan fingerprint density at radius 1 is 0.917 bits per heavy atom. The third kappa shape index (κ3) is 8.34. The Balaban J connectivity index is 0.000000494. The minimum absolute atomic E-state index is 0.0784. The first kappa shape index (κ1) is 34.5. The van der Waals surface area contributed by atoms with Crippen molar-refractivity contribution < 1.29 is 32.7 Å². The highest BCUT2D eigenvalue weighted by atomic mass is 19.1. The summed E-state index contributed by atoms with van der Waals surface area (Å²) in [6, 6.07) is 15.6. The zero-order valence-corrected chi connectivity index (χ0v) is 27.4. The number of carbonyl (C=O) groups excluding carboxylic acids is 4. The van der Waals surface area contributed by atoms with Crippen molar-refractivity contribution in [1.29, 1.82) is 0 Å². The molecule has 6 rings (SSSR count). The fourth-order valence-corrected chi connectivity index (χ4v) is 6.50. The zero-order chi connectivity index (χ0) is 34.5. The van der Waals surface area contributed by atoms with Crippen LogP contribution in [0, 0.1) is 17.6 Å². The molecule has 1 unspecified atom stereocenters. The molecule has 2 aliphatic carbocycles. The number of benzene rings is 2. The van der Waals surface area contributed by atoms with Gasteiger partial charge < -0.3 is 20.3 Å². The molecule has 1 atom stereocenters. The average Bonchev–Trinajstić information content (AvgIpc) is 3.68. The molecule has 1 aromatic heterocycles. The van der Waals surface area contributed by atoms with Crippen LogP contribution in [-0.4, -0.2) is 69.4 Å². The second-order valence-corrected chi connectivity index (χ2v) is 13.4. The minimum Gasteiger partial charge on any atom is -0.444 e. The first-order chi connectivity index (χ1) is 22.8. The van der Waals surface area contributed by atoms with Crippen LogP contribution >= 0.6 is 0 Å². The van der Waals surface area contributed by atoms with E-state index in [2.05, 4.69) is 15.6 Å². The quantitative estimate of drug-likeness (QED) is 0.361. The number of rotatable bonds is 5. The Hall–Kier alpha value is -4.87. The zero-order valence-electron chi connectivity index (χ0n) is 27.4. The van der Waals surface area contributed by atoms with Gasteiger partial charge in [-0.25, -0.2) is 18.6 Å². The number of nitrogens with one attached hydrogen (secondary N) is 2. The lowest BCUT2D eigenvalue weighted by Gasteiger charge is -2.47. The van der Waals surface area contributed by atoms with Gasteiger partial charge in [-0.15, -0.1) is 0 Å². The van der Waals surface area contributed by atoms with E-state index in [9.17, 15) is 28.0 Å². The maximum atomic E-state index is 13.7. The van der Waals surface area contributed by atoms with Gasteiger partial charge in [0.1, 0.15) is 35.1 Å². The highest BCUT2D eigenvalue weighted by Crippen LogP contribution is 2.40. The summed E-state index contributed by atoms with van der Waals surface area (Å²) in [5, 5.41) is 5.79. The summed E-state index contributed by atoms with van der Waals surface area (Å²) >= 11 is 0. The molecule has 0 bridgehead atoms. The molecule has 2 heterocycles. The Morgan fingerprint density at radius 2 is 1.62 bits per heavy atom. The number of halogens is 2. The molecule has 254 valence electrons. The molecule has 2 fully saturated rings. The van der Waals surface area contributed by atoms with Gasteiger partial charge in [-0.3, -0.25) is 19.3 Å². The van der Waals surface area contributed by atoms with E-state index in [1.807, 2.05) is 45.0 Å². The van der Waals surface area contributed by atoms with Gasteiger partial charge in [-0.2, -0.15) is 0 Å². The van der Waals surface area contributed by atoms with Crippen molar-refractivity contribution in [3.05, 3.63) is 89.6 Å². The normalized spacial score (nSPS) is 18.1. The van der Waals surface area contributed by atoms with Crippen LogP contribution in [0.1, 0.15) is 57.6 Å². The molecule has 2 aromatic carbocycles. The van der Waals surface area contributed by atoms with Crippen LogP contribution in [0.3, 0.4) is 0 Å². The number of fused-ring (bicyclic) bond motifs is 1. The second kappa shape index (κ2) is 14.5. The predicted molar refractivity (Wildman–Crippen MR) is 176 cm³/mol. The minimum atomic E-state index is -0.945. The highest BCUT2D eigenvalue weighted by molar-refractivity contribution is 5.98. The van der Waals surface area contributed by atoms with E-state index in [0.29, 0.717) is 43.7 Å². The monoisotopic (exact) mass is 661 g/mol. The molecule has 1 spiro atoms. The number of piperazine rings is 1. The number of hydrogen-bond donors (Lipinski definition) is 2. The molecule has 12 heteroatoms. The molecular weight excluding hydrogens is 620 g/mol. The van der Waals surface area contributed by atoms with Crippen molar-refractivity contribution in [3.8, 4) is 0 Å². The number of hydrogen-bond acceptors (Lipinski definition) is 6. The van der Waals surface area contributed by atoms with Crippen LogP contribution in [0.15, 0.2) is 66.9 Å². The SMILES string of the molecule is CC(C)(C)OC(=O)N1CCN(CC(=O)Nc2ccc3c(c2)CC(C(=O)Nc2ccccn2)C3)C(=O)C12CCCC2.Fc1cccc(F)c1. The highest BCUT2D eigenvalue weighted by Gasteiger charge is 2.53. The van der Waals surface area contributed by atoms with E-state index >= 15 is 0 Å². The fraction of sp³-hybridized carbons (Fsp3) is 0.417. The molecular formula is C36H41F2N5O5. The Bertz CT molecular complexity index is 1640. The first-order valence-electron chi connectivity index (χ1n) is 16.2. The number of amides is 4. The van der Waals surface area contributed by atoms with Gasteiger partial charge in [0.25, 0.3) is 0 Å². The number of pyridine rings is 1. The third-order valence-electron chi connectivity index (χ3n) is 8.67. The van der Waals surface area contributed by atoms with Crippen molar-refractivity contribution in [1.82, 2.24) is 14.8 Å². The molecule has 3 aliphatic rings. The first-order valence-corrected chi connectivity index (χ1v) is 16.2. The van der Waals surface area contributed by atoms with Crippen LogP contribution in [0.25, 0.3) is 0 Å². The predicted octanol–water partition coefficient (Wildman–Crippen LogP) is 5.73. The lowest BCUT2D eigenvalue weighted by Crippen LogP contribution is -2.67. The lowest BCUT2D eigenvalue weighted by molar-refractivity contribution is -0.152. The van der Waals surface area contributed by atoms with Gasteiger partial charge in [0.15, 0.2) is 0 Å². The van der Waals surface area contributed by atoms with E-state index in [0.717, 1.165) is 30.0 Å². The molecule has 48 heavy (non-hydrogen) atoms. The topological polar surface area (TPSA) is 121 Å². The van der Waals surface area contributed by atoms with Gasteiger partial charge >= 0.3 is 6.09 Å². The third-order valence-corrected chi connectivity index (χ3v) is 8.67. The van der Waals surface area contributed by atoms with Crippen molar-refractivity contribution in [2.75, 3.05) is 30.3 Å². The van der Waals surface area contributed by atoms with Gasteiger partial charge in [-0.05, 0) is 94.0 Å². The summed E-state index contributed by atoms with van der Waals surface area (Å²) in [4.78, 5) is 59.7.